The third kappa shape index (κ3) is 4.82. The van der Waals surface area contributed by atoms with Crippen molar-refractivity contribution in [3.05, 3.63) is 46.8 Å². The number of ether oxygens (including phenoxy) is 1. The first-order chi connectivity index (χ1) is 11.9. The number of hydrogen-bond donors (Lipinski definition) is 2. The van der Waals surface area contributed by atoms with Crippen molar-refractivity contribution in [1.29, 1.82) is 0 Å². The quantitative estimate of drug-likeness (QED) is 0.802. The number of nitrogens with zero attached hydrogens (tertiary/aromatic N) is 1. The van der Waals surface area contributed by atoms with Crippen LogP contribution in [0.3, 0.4) is 0 Å². The van der Waals surface area contributed by atoms with Gasteiger partial charge in [-0.15, -0.1) is 0 Å². The molecule has 1 aromatic heterocycles. The molecule has 0 aliphatic carbocycles. The van der Waals surface area contributed by atoms with Crippen molar-refractivity contribution in [1.82, 2.24) is 15.8 Å². The van der Waals surface area contributed by atoms with Gasteiger partial charge < -0.3 is 19.9 Å². The van der Waals surface area contributed by atoms with Crippen LogP contribution in [0.15, 0.2) is 28.8 Å². The fourth-order valence-corrected chi connectivity index (χ4v) is 2.29. The highest BCUT2D eigenvalue weighted by Crippen LogP contribution is 2.22. The van der Waals surface area contributed by atoms with E-state index in [4.69, 9.17) is 9.26 Å². The molecule has 7 heteroatoms. The van der Waals surface area contributed by atoms with Gasteiger partial charge in [-0.1, -0.05) is 31.1 Å². The molecule has 2 rings (SSSR count). The van der Waals surface area contributed by atoms with Gasteiger partial charge in [0.05, 0.1) is 5.69 Å². The Kier molecular flexibility index (Phi) is 6.16. The summed E-state index contributed by atoms with van der Waals surface area (Å²) in [5, 5.41) is 9.24. The summed E-state index contributed by atoms with van der Waals surface area (Å²) in [5.74, 6) is 0.794. The minimum absolute atomic E-state index is 0.0516. The second-order valence-electron chi connectivity index (χ2n) is 5.95. The molecular weight excluding hydrogens is 322 g/mol. The van der Waals surface area contributed by atoms with E-state index in [-0.39, 0.29) is 24.3 Å². The van der Waals surface area contributed by atoms with Crippen molar-refractivity contribution in [3.63, 3.8) is 0 Å². The smallest absolute Gasteiger partial charge is 0.257 e. The molecule has 1 heterocycles. The van der Waals surface area contributed by atoms with Crippen LogP contribution in [0, 0.1) is 6.92 Å². The zero-order valence-corrected chi connectivity index (χ0v) is 14.9. The molecule has 2 N–H and O–H groups in total. The Morgan fingerprint density at radius 3 is 2.76 bits per heavy atom. The summed E-state index contributed by atoms with van der Waals surface area (Å²) in [4.78, 5) is 23.7. The van der Waals surface area contributed by atoms with E-state index in [2.05, 4.69) is 15.8 Å². The average molecular weight is 345 g/mol. The molecule has 1 aromatic carbocycles. The van der Waals surface area contributed by atoms with Crippen LogP contribution >= 0.6 is 0 Å². The molecule has 0 saturated heterocycles. The second-order valence-corrected chi connectivity index (χ2v) is 5.95. The Morgan fingerprint density at radius 1 is 1.32 bits per heavy atom. The van der Waals surface area contributed by atoms with Gasteiger partial charge in [0.2, 0.25) is 0 Å². The van der Waals surface area contributed by atoms with E-state index in [1.54, 1.807) is 26.1 Å². The SMILES string of the molecule is CNC(=O)COc1cccc(CNC(=O)c2c(C)noc2C(C)C)c1. The van der Waals surface area contributed by atoms with E-state index in [0.29, 0.717) is 29.3 Å². The average Bonchev–Trinajstić information content (AvgIpc) is 3.00. The predicted octanol–water partition coefficient (Wildman–Crippen LogP) is 2.16. The van der Waals surface area contributed by atoms with E-state index in [0.717, 1.165) is 5.56 Å². The summed E-state index contributed by atoms with van der Waals surface area (Å²) in [5.41, 5.74) is 1.92. The van der Waals surface area contributed by atoms with Crippen LogP contribution in [0.5, 0.6) is 5.75 Å². The normalized spacial score (nSPS) is 10.6. The molecule has 0 bridgehead atoms. The van der Waals surface area contributed by atoms with Crippen molar-refractivity contribution in [2.45, 2.75) is 33.2 Å². The predicted molar refractivity (Wildman–Crippen MR) is 92.5 cm³/mol. The second kappa shape index (κ2) is 8.32. The third-order valence-electron chi connectivity index (χ3n) is 3.64. The Balaban J connectivity index is 2.00. The Labute approximate surface area is 146 Å². The molecular formula is C18H23N3O4. The van der Waals surface area contributed by atoms with Crippen LogP contribution in [0.2, 0.25) is 0 Å². The van der Waals surface area contributed by atoms with E-state index >= 15 is 0 Å². The van der Waals surface area contributed by atoms with Gasteiger partial charge in [-0.3, -0.25) is 9.59 Å². The molecule has 134 valence electrons. The monoisotopic (exact) mass is 345 g/mol. The number of rotatable bonds is 7. The molecule has 0 aliphatic heterocycles. The number of amides is 2. The van der Waals surface area contributed by atoms with Crippen LogP contribution in [-0.2, 0) is 11.3 Å². The van der Waals surface area contributed by atoms with Gasteiger partial charge in [-0.25, -0.2) is 0 Å². The fraction of sp³-hybridized carbons (Fsp3) is 0.389. The lowest BCUT2D eigenvalue weighted by molar-refractivity contribution is -0.122. The van der Waals surface area contributed by atoms with Gasteiger partial charge in [0.25, 0.3) is 11.8 Å². The number of carbonyl (C=O) groups excluding carboxylic acids is 2. The first kappa shape index (κ1) is 18.5. The van der Waals surface area contributed by atoms with Gasteiger partial charge in [0.15, 0.2) is 12.4 Å². The first-order valence-electron chi connectivity index (χ1n) is 8.09. The summed E-state index contributed by atoms with van der Waals surface area (Å²) < 4.78 is 10.6. The molecule has 7 nitrogen and oxygen atoms in total. The molecule has 25 heavy (non-hydrogen) atoms. The number of likely N-dealkylation sites (N-methyl/N-ethyl adjacent to an activating group) is 1. The van der Waals surface area contributed by atoms with Crippen molar-refractivity contribution in [3.8, 4) is 5.75 Å². The minimum Gasteiger partial charge on any atom is -0.484 e. The first-order valence-corrected chi connectivity index (χ1v) is 8.09. The van der Waals surface area contributed by atoms with Crippen molar-refractivity contribution < 1.29 is 18.8 Å². The number of aryl methyl sites for hydroxylation is 1. The summed E-state index contributed by atoms with van der Waals surface area (Å²) in [7, 11) is 1.55. The molecule has 0 saturated carbocycles. The summed E-state index contributed by atoms with van der Waals surface area (Å²) in [6.07, 6.45) is 0. The van der Waals surface area contributed by atoms with E-state index in [9.17, 15) is 9.59 Å². The molecule has 0 radical (unpaired) electrons. The maximum atomic E-state index is 12.5. The number of carbonyl (C=O) groups is 2. The zero-order chi connectivity index (χ0) is 18.4. The Hall–Kier alpha value is -2.83. The molecule has 0 spiro atoms. The van der Waals surface area contributed by atoms with Crippen LogP contribution in [0.1, 0.15) is 47.1 Å². The maximum absolute atomic E-state index is 12.5. The van der Waals surface area contributed by atoms with Crippen molar-refractivity contribution in [2.24, 2.45) is 0 Å². The van der Waals surface area contributed by atoms with Gasteiger partial charge in [-0.2, -0.15) is 0 Å². The molecule has 0 atom stereocenters. The highest BCUT2D eigenvalue weighted by Gasteiger charge is 2.22. The Bertz CT molecular complexity index is 753. The number of aromatic nitrogens is 1. The standard InChI is InChI=1S/C18H23N3O4/c1-11(2)17-16(12(3)21-25-17)18(23)20-9-13-6-5-7-14(8-13)24-10-15(22)19-4/h5-8,11H,9-10H2,1-4H3,(H,19,22)(H,20,23). The van der Waals surface area contributed by atoms with E-state index in [1.165, 1.54) is 0 Å². The summed E-state index contributed by atoms with van der Waals surface area (Å²) in [6.45, 7) is 5.92. The van der Waals surface area contributed by atoms with E-state index in [1.807, 2.05) is 26.0 Å². The van der Waals surface area contributed by atoms with Gasteiger partial charge in [0.1, 0.15) is 11.3 Å². The number of nitrogens with one attached hydrogen (secondary N) is 2. The van der Waals surface area contributed by atoms with Crippen LogP contribution in [0.25, 0.3) is 0 Å². The highest BCUT2D eigenvalue weighted by atomic mass is 16.5. The van der Waals surface area contributed by atoms with Crippen LogP contribution in [0.4, 0.5) is 0 Å². The maximum Gasteiger partial charge on any atom is 0.257 e. The minimum atomic E-state index is -0.223. The summed E-state index contributed by atoms with van der Waals surface area (Å²) >= 11 is 0. The largest absolute Gasteiger partial charge is 0.484 e. The van der Waals surface area contributed by atoms with Crippen LogP contribution in [-0.4, -0.2) is 30.6 Å². The molecule has 2 amide bonds. The zero-order valence-electron chi connectivity index (χ0n) is 14.9. The third-order valence-corrected chi connectivity index (χ3v) is 3.64. The van der Waals surface area contributed by atoms with Crippen molar-refractivity contribution >= 4 is 11.8 Å². The molecule has 0 fully saturated rings. The number of benzene rings is 1. The molecule has 0 unspecified atom stereocenters. The van der Waals surface area contributed by atoms with Gasteiger partial charge in [-0.05, 0) is 24.6 Å². The lowest BCUT2D eigenvalue weighted by Crippen LogP contribution is -2.25. The van der Waals surface area contributed by atoms with Crippen molar-refractivity contribution in [2.75, 3.05) is 13.7 Å². The van der Waals surface area contributed by atoms with E-state index < -0.39 is 0 Å². The van der Waals surface area contributed by atoms with Crippen LogP contribution < -0.4 is 15.4 Å². The Morgan fingerprint density at radius 2 is 2.08 bits per heavy atom. The topological polar surface area (TPSA) is 93.5 Å². The van der Waals surface area contributed by atoms with Gasteiger partial charge >= 0.3 is 0 Å². The van der Waals surface area contributed by atoms with Gasteiger partial charge in [0, 0.05) is 19.5 Å². The number of hydrogen-bond acceptors (Lipinski definition) is 5. The lowest BCUT2D eigenvalue weighted by Gasteiger charge is -2.09. The lowest BCUT2D eigenvalue weighted by atomic mass is 10.0. The summed E-state index contributed by atoms with van der Waals surface area (Å²) in [6, 6.07) is 7.23. The molecule has 2 aromatic rings. The fourth-order valence-electron chi connectivity index (χ4n) is 2.29. The highest BCUT2D eigenvalue weighted by molar-refractivity contribution is 5.96. The molecule has 0 aliphatic rings.